The number of halogens is 2. The summed E-state index contributed by atoms with van der Waals surface area (Å²) in [7, 11) is 0. The van der Waals surface area contributed by atoms with Crippen molar-refractivity contribution in [1.82, 2.24) is 5.32 Å². The van der Waals surface area contributed by atoms with Crippen molar-refractivity contribution in [3.8, 4) is 0 Å². The van der Waals surface area contributed by atoms with E-state index in [4.69, 9.17) is 16.7 Å². The molecule has 0 spiro atoms. The van der Waals surface area contributed by atoms with Crippen LogP contribution in [0.5, 0.6) is 0 Å². The summed E-state index contributed by atoms with van der Waals surface area (Å²) in [6.45, 7) is 3.90. The van der Waals surface area contributed by atoms with Crippen LogP contribution in [0.4, 0.5) is 4.39 Å². The number of carbonyl (C=O) groups is 1. The monoisotopic (exact) mass is 313 g/mol. The quantitative estimate of drug-likeness (QED) is 0.847. The highest BCUT2D eigenvalue weighted by molar-refractivity contribution is 6.31. The molecule has 3 unspecified atom stereocenters. The largest absolute Gasteiger partial charge is 0.396 e. The standard InChI is InChI=1S/C16H21ClFNO2/c1-3-16(2,7-8-20)19-15(21)11-9-10(11)14-12(17)5-4-6-13(14)18/h4-6,10-11,20H,3,7-9H2,1-2H3,(H,19,21). The summed E-state index contributed by atoms with van der Waals surface area (Å²) >= 11 is 6.04. The lowest BCUT2D eigenvalue weighted by molar-refractivity contribution is -0.124. The molecular formula is C16H21ClFNO2. The molecule has 1 aliphatic rings. The van der Waals surface area contributed by atoms with E-state index in [0.29, 0.717) is 23.4 Å². The van der Waals surface area contributed by atoms with Gasteiger partial charge in [0, 0.05) is 34.6 Å². The van der Waals surface area contributed by atoms with E-state index in [2.05, 4.69) is 5.32 Å². The number of carbonyl (C=O) groups excluding carboxylic acids is 1. The topological polar surface area (TPSA) is 49.3 Å². The minimum Gasteiger partial charge on any atom is -0.396 e. The zero-order valence-electron chi connectivity index (χ0n) is 12.3. The van der Waals surface area contributed by atoms with Gasteiger partial charge in [0.05, 0.1) is 0 Å². The molecule has 116 valence electrons. The van der Waals surface area contributed by atoms with Gasteiger partial charge in [-0.05, 0) is 38.3 Å². The van der Waals surface area contributed by atoms with E-state index in [1.807, 2.05) is 13.8 Å². The number of amides is 1. The summed E-state index contributed by atoms with van der Waals surface area (Å²) in [4.78, 5) is 12.3. The highest BCUT2D eigenvalue weighted by Crippen LogP contribution is 2.50. The molecule has 1 aromatic carbocycles. The molecule has 0 aromatic heterocycles. The van der Waals surface area contributed by atoms with Crippen LogP contribution in [-0.4, -0.2) is 23.2 Å². The van der Waals surface area contributed by atoms with Crippen LogP contribution in [0.3, 0.4) is 0 Å². The van der Waals surface area contributed by atoms with E-state index < -0.39 is 5.54 Å². The molecule has 1 saturated carbocycles. The molecule has 21 heavy (non-hydrogen) atoms. The molecule has 5 heteroatoms. The first-order chi connectivity index (χ1) is 9.91. The number of hydrogen-bond acceptors (Lipinski definition) is 2. The predicted octanol–water partition coefficient (Wildman–Crippen LogP) is 3.25. The van der Waals surface area contributed by atoms with Crippen LogP contribution in [0.15, 0.2) is 18.2 Å². The first-order valence-corrected chi connectivity index (χ1v) is 7.66. The van der Waals surface area contributed by atoms with Crippen LogP contribution >= 0.6 is 11.6 Å². The maximum absolute atomic E-state index is 13.9. The molecule has 3 nitrogen and oxygen atoms in total. The average molecular weight is 314 g/mol. The molecular weight excluding hydrogens is 293 g/mol. The zero-order chi connectivity index (χ0) is 15.6. The highest BCUT2D eigenvalue weighted by Gasteiger charge is 2.47. The van der Waals surface area contributed by atoms with Crippen molar-refractivity contribution in [1.29, 1.82) is 0 Å². The molecule has 2 N–H and O–H groups in total. The molecule has 0 radical (unpaired) electrons. The SMILES string of the molecule is CCC(C)(CCO)NC(=O)C1CC1c1c(F)cccc1Cl. The fourth-order valence-electron chi connectivity index (χ4n) is 2.63. The second-order valence-electron chi connectivity index (χ2n) is 5.96. The van der Waals surface area contributed by atoms with Crippen molar-refractivity contribution in [3.05, 3.63) is 34.6 Å². The lowest BCUT2D eigenvalue weighted by atomic mass is 9.94. The van der Waals surface area contributed by atoms with E-state index in [9.17, 15) is 9.18 Å². The Morgan fingerprint density at radius 3 is 2.86 bits per heavy atom. The molecule has 1 fully saturated rings. The number of aliphatic hydroxyl groups excluding tert-OH is 1. The molecule has 1 aliphatic carbocycles. The van der Waals surface area contributed by atoms with Gasteiger partial charge in [-0.3, -0.25) is 4.79 Å². The number of hydrogen-bond donors (Lipinski definition) is 2. The van der Waals surface area contributed by atoms with Gasteiger partial charge in [-0.25, -0.2) is 4.39 Å². The Morgan fingerprint density at radius 2 is 2.29 bits per heavy atom. The van der Waals surface area contributed by atoms with Crippen molar-refractivity contribution >= 4 is 17.5 Å². The van der Waals surface area contributed by atoms with Crippen molar-refractivity contribution < 1.29 is 14.3 Å². The first-order valence-electron chi connectivity index (χ1n) is 7.28. The molecule has 0 heterocycles. The maximum atomic E-state index is 13.9. The fourth-order valence-corrected chi connectivity index (χ4v) is 2.94. The van der Waals surface area contributed by atoms with E-state index in [-0.39, 0.29) is 30.2 Å². The number of benzene rings is 1. The molecule has 0 bridgehead atoms. The third-order valence-corrected chi connectivity index (χ3v) is 4.70. The van der Waals surface area contributed by atoms with Gasteiger partial charge in [0.1, 0.15) is 5.82 Å². The van der Waals surface area contributed by atoms with Crippen LogP contribution in [0.1, 0.15) is 44.6 Å². The first kappa shape index (κ1) is 16.2. The van der Waals surface area contributed by atoms with Crippen molar-refractivity contribution in [3.63, 3.8) is 0 Å². The zero-order valence-corrected chi connectivity index (χ0v) is 13.1. The number of rotatable bonds is 6. The second-order valence-corrected chi connectivity index (χ2v) is 6.37. The Hall–Kier alpha value is -1.13. The minimum atomic E-state index is -0.419. The Kier molecular flexibility index (Phi) is 4.89. The van der Waals surface area contributed by atoms with Gasteiger partial charge in [-0.1, -0.05) is 24.6 Å². The molecule has 3 atom stereocenters. The number of aliphatic hydroxyl groups is 1. The average Bonchev–Trinajstić information content (AvgIpc) is 3.19. The Balaban J connectivity index is 2.04. The summed E-state index contributed by atoms with van der Waals surface area (Å²) in [5.74, 6) is -0.813. The van der Waals surface area contributed by atoms with Gasteiger partial charge in [-0.15, -0.1) is 0 Å². The van der Waals surface area contributed by atoms with E-state index >= 15 is 0 Å². The van der Waals surface area contributed by atoms with Crippen LogP contribution < -0.4 is 5.32 Å². The third kappa shape index (κ3) is 3.55. The van der Waals surface area contributed by atoms with E-state index in [1.54, 1.807) is 12.1 Å². The Morgan fingerprint density at radius 1 is 1.57 bits per heavy atom. The smallest absolute Gasteiger partial charge is 0.224 e. The molecule has 1 amide bonds. The second kappa shape index (κ2) is 6.32. The maximum Gasteiger partial charge on any atom is 0.224 e. The Bertz CT molecular complexity index is 517. The van der Waals surface area contributed by atoms with E-state index in [1.165, 1.54) is 6.07 Å². The van der Waals surface area contributed by atoms with Crippen molar-refractivity contribution in [2.45, 2.75) is 44.6 Å². The lowest BCUT2D eigenvalue weighted by Gasteiger charge is -2.29. The summed E-state index contributed by atoms with van der Waals surface area (Å²) < 4.78 is 13.9. The molecule has 2 rings (SSSR count). The Labute approximate surface area is 129 Å². The van der Waals surface area contributed by atoms with Gasteiger partial charge < -0.3 is 10.4 Å². The van der Waals surface area contributed by atoms with Gasteiger partial charge >= 0.3 is 0 Å². The molecule has 0 aliphatic heterocycles. The summed E-state index contributed by atoms with van der Waals surface area (Å²) in [5, 5.41) is 12.4. The highest BCUT2D eigenvalue weighted by atomic mass is 35.5. The van der Waals surface area contributed by atoms with Crippen LogP contribution in [-0.2, 0) is 4.79 Å². The minimum absolute atomic E-state index is 0.0257. The van der Waals surface area contributed by atoms with Crippen LogP contribution in [0.25, 0.3) is 0 Å². The van der Waals surface area contributed by atoms with Crippen LogP contribution in [0, 0.1) is 11.7 Å². The fraction of sp³-hybridized carbons (Fsp3) is 0.562. The predicted molar refractivity (Wildman–Crippen MR) is 80.8 cm³/mol. The van der Waals surface area contributed by atoms with Crippen molar-refractivity contribution in [2.24, 2.45) is 5.92 Å². The summed E-state index contributed by atoms with van der Waals surface area (Å²) in [5.41, 5.74) is 0.0255. The van der Waals surface area contributed by atoms with Crippen molar-refractivity contribution in [2.75, 3.05) is 6.61 Å². The normalized spacial score (nSPS) is 23.5. The van der Waals surface area contributed by atoms with Gasteiger partial charge in [0.2, 0.25) is 5.91 Å². The molecule has 0 saturated heterocycles. The summed E-state index contributed by atoms with van der Waals surface area (Å²) in [6.07, 6.45) is 1.86. The lowest BCUT2D eigenvalue weighted by Crippen LogP contribution is -2.47. The summed E-state index contributed by atoms with van der Waals surface area (Å²) in [6, 6.07) is 4.58. The third-order valence-electron chi connectivity index (χ3n) is 4.37. The van der Waals surface area contributed by atoms with Gasteiger partial charge in [0.15, 0.2) is 0 Å². The van der Waals surface area contributed by atoms with Gasteiger partial charge in [0.25, 0.3) is 0 Å². The van der Waals surface area contributed by atoms with Gasteiger partial charge in [-0.2, -0.15) is 0 Å². The number of nitrogens with one attached hydrogen (secondary N) is 1. The van der Waals surface area contributed by atoms with E-state index in [0.717, 1.165) is 6.42 Å². The molecule has 1 aromatic rings. The van der Waals surface area contributed by atoms with Crippen LogP contribution in [0.2, 0.25) is 5.02 Å².